The van der Waals surface area contributed by atoms with Gasteiger partial charge in [-0.2, -0.15) is 0 Å². The molecule has 1 rings (SSSR count). The Kier molecular flexibility index (Phi) is 6.07. The molecule has 0 saturated carbocycles. The maximum absolute atomic E-state index is 13.1. The van der Waals surface area contributed by atoms with Gasteiger partial charge in [0.25, 0.3) is 0 Å². The van der Waals surface area contributed by atoms with Crippen molar-refractivity contribution < 1.29 is 9.18 Å². The molecule has 106 valence electrons. The van der Waals surface area contributed by atoms with Crippen molar-refractivity contribution in [3.8, 4) is 0 Å². The number of rotatable bonds is 5. The fraction of sp³-hybridized carbons (Fsp3) is 0.462. The number of anilines is 1. The normalized spacial score (nSPS) is 12.4. The highest BCUT2D eigenvalue weighted by Gasteiger charge is 2.16. The van der Waals surface area contributed by atoms with Crippen LogP contribution in [0.3, 0.4) is 0 Å². The van der Waals surface area contributed by atoms with Crippen LogP contribution in [0.4, 0.5) is 10.1 Å². The van der Waals surface area contributed by atoms with Crippen LogP contribution in [-0.4, -0.2) is 18.5 Å². The summed E-state index contributed by atoms with van der Waals surface area (Å²) in [5.41, 5.74) is 0.510. The highest BCUT2D eigenvalue weighted by atomic mass is 79.9. The minimum Gasteiger partial charge on any atom is -0.372 e. The molecule has 0 bridgehead atoms. The third-order valence-electron chi connectivity index (χ3n) is 2.45. The third-order valence-corrected chi connectivity index (χ3v) is 3.37. The number of hydrogen-bond acceptors (Lipinski definition) is 2. The van der Waals surface area contributed by atoms with Crippen LogP contribution in [-0.2, 0) is 4.79 Å². The summed E-state index contributed by atoms with van der Waals surface area (Å²) < 4.78 is 13.6. The standard InChI is InChI=1S/C13H17BrClFN2O/c1-7(2)6-17-13(19)8(3)18-12-10(14)4-9(16)5-11(12)15/h4-5,7-8,18H,6H2,1-3H3,(H,17,19). The molecule has 0 aliphatic rings. The maximum Gasteiger partial charge on any atom is 0.242 e. The predicted molar refractivity (Wildman–Crippen MR) is 80.0 cm³/mol. The lowest BCUT2D eigenvalue weighted by atomic mass is 10.2. The Morgan fingerprint density at radius 3 is 2.58 bits per heavy atom. The van der Waals surface area contributed by atoms with Crippen molar-refractivity contribution in [1.82, 2.24) is 5.32 Å². The Balaban J connectivity index is 2.71. The van der Waals surface area contributed by atoms with Crippen molar-refractivity contribution in [2.45, 2.75) is 26.8 Å². The Hall–Kier alpha value is -0.810. The first kappa shape index (κ1) is 16.2. The number of hydrogen-bond donors (Lipinski definition) is 2. The summed E-state index contributed by atoms with van der Waals surface area (Å²) in [6.07, 6.45) is 0. The topological polar surface area (TPSA) is 41.1 Å². The van der Waals surface area contributed by atoms with E-state index in [0.717, 1.165) is 0 Å². The van der Waals surface area contributed by atoms with Crippen LogP contribution in [0.2, 0.25) is 5.02 Å². The minimum absolute atomic E-state index is 0.124. The van der Waals surface area contributed by atoms with Crippen molar-refractivity contribution in [2.24, 2.45) is 5.92 Å². The smallest absolute Gasteiger partial charge is 0.242 e. The molecule has 1 atom stereocenters. The van der Waals surface area contributed by atoms with Gasteiger partial charge in [-0.25, -0.2) is 4.39 Å². The number of carbonyl (C=O) groups excluding carboxylic acids is 1. The van der Waals surface area contributed by atoms with E-state index in [-0.39, 0.29) is 10.9 Å². The summed E-state index contributed by atoms with van der Waals surface area (Å²) in [6, 6.07) is 2.04. The summed E-state index contributed by atoms with van der Waals surface area (Å²) in [5, 5.41) is 6.02. The fourth-order valence-corrected chi connectivity index (χ4v) is 2.34. The van der Waals surface area contributed by atoms with E-state index in [1.54, 1.807) is 6.92 Å². The van der Waals surface area contributed by atoms with Crippen LogP contribution in [0.25, 0.3) is 0 Å². The van der Waals surface area contributed by atoms with Crippen LogP contribution in [0.1, 0.15) is 20.8 Å². The van der Waals surface area contributed by atoms with Gasteiger partial charge in [-0.05, 0) is 40.9 Å². The summed E-state index contributed by atoms with van der Waals surface area (Å²) in [4.78, 5) is 11.8. The van der Waals surface area contributed by atoms with E-state index < -0.39 is 11.9 Å². The zero-order valence-corrected chi connectivity index (χ0v) is 13.4. The zero-order valence-electron chi connectivity index (χ0n) is 11.1. The molecule has 0 fully saturated rings. The average molecular weight is 352 g/mol. The number of benzene rings is 1. The van der Waals surface area contributed by atoms with Gasteiger partial charge in [0, 0.05) is 11.0 Å². The highest BCUT2D eigenvalue weighted by Crippen LogP contribution is 2.32. The number of halogens is 3. The lowest BCUT2D eigenvalue weighted by Gasteiger charge is -2.18. The lowest BCUT2D eigenvalue weighted by Crippen LogP contribution is -2.39. The van der Waals surface area contributed by atoms with E-state index in [1.807, 2.05) is 13.8 Å². The van der Waals surface area contributed by atoms with Gasteiger partial charge in [-0.15, -0.1) is 0 Å². The van der Waals surface area contributed by atoms with Crippen LogP contribution >= 0.6 is 27.5 Å². The molecule has 0 spiro atoms. The second kappa shape index (κ2) is 7.10. The number of amides is 1. The largest absolute Gasteiger partial charge is 0.372 e. The Morgan fingerprint density at radius 2 is 2.05 bits per heavy atom. The Labute approximate surface area is 126 Å². The molecule has 0 saturated heterocycles. The van der Waals surface area contributed by atoms with Crippen LogP contribution in [0.5, 0.6) is 0 Å². The van der Waals surface area contributed by atoms with Gasteiger partial charge < -0.3 is 10.6 Å². The molecule has 3 nitrogen and oxygen atoms in total. The van der Waals surface area contributed by atoms with Gasteiger partial charge in [0.2, 0.25) is 5.91 Å². The van der Waals surface area contributed by atoms with E-state index >= 15 is 0 Å². The fourth-order valence-electron chi connectivity index (χ4n) is 1.42. The highest BCUT2D eigenvalue weighted by molar-refractivity contribution is 9.10. The second-order valence-corrected chi connectivity index (χ2v) is 6.01. The molecule has 1 aromatic carbocycles. The Bertz CT molecular complexity index is 445. The van der Waals surface area contributed by atoms with E-state index in [4.69, 9.17) is 11.6 Å². The monoisotopic (exact) mass is 350 g/mol. The quantitative estimate of drug-likeness (QED) is 0.847. The first-order valence-electron chi connectivity index (χ1n) is 6.00. The molecule has 2 N–H and O–H groups in total. The summed E-state index contributed by atoms with van der Waals surface area (Å²) in [6.45, 7) is 6.38. The van der Waals surface area contributed by atoms with E-state index in [1.165, 1.54) is 12.1 Å². The van der Waals surface area contributed by atoms with Crippen LogP contribution in [0.15, 0.2) is 16.6 Å². The summed E-state index contributed by atoms with van der Waals surface area (Å²) in [5.74, 6) is -0.169. The van der Waals surface area contributed by atoms with Gasteiger partial charge in [0.15, 0.2) is 0 Å². The molecular formula is C13H17BrClFN2O. The minimum atomic E-state index is -0.460. The van der Waals surface area contributed by atoms with Crippen molar-refractivity contribution in [2.75, 3.05) is 11.9 Å². The van der Waals surface area contributed by atoms with Gasteiger partial charge in [-0.1, -0.05) is 25.4 Å². The second-order valence-electron chi connectivity index (χ2n) is 4.75. The van der Waals surface area contributed by atoms with E-state index in [9.17, 15) is 9.18 Å². The third kappa shape index (κ3) is 4.99. The van der Waals surface area contributed by atoms with Gasteiger partial charge in [0.05, 0.1) is 10.7 Å². The first-order chi connectivity index (χ1) is 8.81. The van der Waals surface area contributed by atoms with Crippen molar-refractivity contribution >= 4 is 39.1 Å². The molecule has 0 aliphatic heterocycles. The average Bonchev–Trinajstić information content (AvgIpc) is 2.30. The molecule has 1 aromatic rings. The molecule has 0 aliphatic carbocycles. The van der Waals surface area contributed by atoms with Gasteiger partial charge in [0.1, 0.15) is 11.9 Å². The first-order valence-corrected chi connectivity index (χ1v) is 7.17. The molecule has 1 amide bonds. The number of carbonyl (C=O) groups is 1. The molecule has 6 heteroatoms. The summed E-state index contributed by atoms with van der Waals surface area (Å²) in [7, 11) is 0. The molecule has 0 aromatic heterocycles. The van der Waals surface area contributed by atoms with E-state index in [0.29, 0.717) is 22.6 Å². The molecule has 1 unspecified atom stereocenters. The molecular weight excluding hydrogens is 335 g/mol. The van der Waals surface area contributed by atoms with Gasteiger partial charge in [-0.3, -0.25) is 4.79 Å². The molecule has 0 radical (unpaired) electrons. The van der Waals surface area contributed by atoms with Crippen molar-refractivity contribution in [1.29, 1.82) is 0 Å². The SMILES string of the molecule is CC(C)CNC(=O)C(C)Nc1c(Cl)cc(F)cc1Br. The van der Waals surface area contributed by atoms with Crippen molar-refractivity contribution in [3.63, 3.8) is 0 Å². The van der Waals surface area contributed by atoms with Crippen LogP contribution in [0, 0.1) is 11.7 Å². The molecule has 0 heterocycles. The van der Waals surface area contributed by atoms with E-state index in [2.05, 4.69) is 26.6 Å². The summed E-state index contributed by atoms with van der Waals surface area (Å²) >= 11 is 9.17. The lowest BCUT2D eigenvalue weighted by molar-refractivity contribution is -0.121. The molecule has 19 heavy (non-hydrogen) atoms. The zero-order chi connectivity index (χ0) is 14.6. The van der Waals surface area contributed by atoms with Crippen molar-refractivity contribution in [3.05, 3.63) is 27.4 Å². The maximum atomic E-state index is 13.1. The van der Waals surface area contributed by atoms with Gasteiger partial charge >= 0.3 is 0 Å². The Morgan fingerprint density at radius 1 is 1.42 bits per heavy atom. The van der Waals surface area contributed by atoms with Crippen LogP contribution < -0.4 is 10.6 Å². The predicted octanol–water partition coefficient (Wildman–Crippen LogP) is 3.81. The number of nitrogens with one attached hydrogen (secondary N) is 2.